The summed E-state index contributed by atoms with van der Waals surface area (Å²) in [6, 6.07) is 8.27. The summed E-state index contributed by atoms with van der Waals surface area (Å²) >= 11 is 3.24. The van der Waals surface area contributed by atoms with E-state index in [1.165, 1.54) is 17.4 Å². The number of aliphatic hydroxyl groups excluding tert-OH is 2. The van der Waals surface area contributed by atoms with E-state index in [0.29, 0.717) is 15.2 Å². The van der Waals surface area contributed by atoms with Gasteiger partial charge in [0.05, 0.1) is 17.9 Å². The summed E-state index contributed by atoms with van der Waals surface area (Å²) in [5.41, 5.74) is 3.51. The smallest absolute Gasteiger partial charge is 0.278 e. The molecule has 0 saturated carbocycles. The number of aryl methyl sites for hydroxylation is 1. The Labute approximate surface area is 177 Å². The molecule has 0 aliphatic carbocycles. The average molecular weight is 517 g/mol. The molecule has 10 heteroatoms. The Hall–Kier alpha value is -1.86. The minimum atomic E-state index is -1.11. The van der Waals surface area contributed by atoms with Gasteiger partial charge in [0.1, 0.15) is 28.4 Å². The van der Waals surface area contributed by atoms with Crippen molar-refractivity contribution in [2.75, 3.05) is 18.5 Å². The molecule has 2 heterocycles. The van der Waals surface area contributed by atoms with Crippen LogP contribution < -0.4 is 10.8 Å². The van der Waals surface area contributed by atoms with E-state index >= 15 is 0 Å². The SMILES string of the molecule is Cc1ccc2c(C(=O)NOC[C@@H](O)CO)c(Nc3ccc(I)cc3F)sc2n1. The maximum atomic E-state index is 14.3. The highest BCUT2D eigenvalue weighted by Gasteiger charge is 2.21. The monoisotopic (exact) mass is 517 g/mol. The lowest BCUT2D eigenvalue weighted by Gasteiger charge is -2.11. The number of pyridine rings is 1. The molecule has 1 aromatic carbocycles. The number of hydroxylamine groups is 1. The highest BCUT2D eigenvalue weighted by molar-refractivity contribution is 14.1. The third kappa shape index (κ3) is 4.75. The Morgan fingerprint density at radius 1 is 1.39 bits per heavy atom. The van der Waals surface area contributed by atoms with Crippen LogP contribution in [0.15, 0.2) is 30.3 Å². The van der Waals surface area contributed by atoms with E-state index in [1.807, 2.05) is 29.5 Å². The Morgan fingerprint density at radius 2 is 2.18 bits per heavy atom. The van der Waals surface area contributed by atoms with E-state index in [-0.39, 0.29) is 17.9 Å². The molecule has 3 rings (SSSR count). The molecule has 2 aromatic heterocycles. The van der Waals surface area contributed by atoms with E-state index in [4.69, 9.17) is 9.94 Å². The van der Waals surface area contributed by atoms with Crippen molar-refractivity contribution in [2.24, 2.45) is 0 Å². The first kappa shape index (κ1) is 20.9. The van der Waals surface area contributed by atoms with Gasteiger partial charge in [0.25, 0.3) is 5.91 Å². The maximum absolute atomic E-state index is 14.3. The first-order valence-corrected chi connectivity index (χ1v) is 10.1. The average Bonchev–Trinajstić information content (AvgIpc) is 3.00. The second-order valence-corrected chi connectivity index (χ2v) is 8.18. The topological polar surface area (TPSA) is 104 Å². The molecule has 148 valence electrons. The van der Waals surface area contributed by atoms with Gasteiger partial charge in [0, 0.05) is 14.7 Å². The molecule has 0 radical (unpaired) electrons. The summed E-state index contributed by atoms with van der Waals surface area (Å²) in [6.07, 6.45) is -1.11. The normalized spacial score (nSPS) is 12.2. The van der Waals surface area contributed by atoms with Gasteiger partial charge in [-0.3, -0.25) is 9.63 Å². The van der Waals surface area contributed by atoms with E-state index in [9.17, 15) is 14.3 Å². The molecule has 0 bridgehead atoms. The molecule has 1 atom stereocenters. The first-order valence-electron chi connectivity index (χ1n) is 8.22. The summed E-state index contributed by atoms with van der Waals surface area (Å²) in [5, 5.41) is 22.1. The van der Waals surface area contributed by atoms with Crippen LogP contribution in [0.25, 0.3) is 10.2 Å². The van der Waals surface area contributed by atoms with Gasteiger partial charge in [0.2, 0.25) is 0 Å². The van der Waals surface area contributed by atoms with Gasteiger partial charge in [0.15, 0.2) is 0 Å². The molecular formula is C18H17FIN3O4S. The van der Waals surface area contributed by atoms with Crippen LogP contribution in [-0.4, -0.2) is 40.4 Å². The Balaban J connectivity index is 1.94. The molecule has 28 heavy (non-hydrogen) atoms. The Kier molecular flexibility index (Phi) is 6.78. The van der Waals surface area contributed by atoms with Crippen molar-refractivity contribution < 1.29 is 24.2 Å². The molecule has 1 amide bonds. The second kappa shape index (κ2) is 9.09. The standard InChI is InChI=1S/C18H17FIN3O4S/c1-9-2-4-12-15(16(26)23-27-8-11(25)7-24)18(28-17(12)21-9)22-14-5-3-10(20)6-13(14)19/h2-6,11,22,24-25H,7-8H2,1H3,(H,23,26)/t11-/m0/s1. The predicted molar refractivity (Wildman–Crippen MR) is 113 cm³/mol. The molecule has 0 aliphatic heterocycles. The summed E-state index contributed by atoms with van der Waals surface area (Å²) in [4.78, 5) is 22.7. The lowest BCUT2D eigenvalue weighted by atomic mass is 10.2. The number of hydrogen-bond donors (Lipinski definition) is 4. The minimum absolute atomic E-state index is 0.231. The van der Waals surface area contributed by atoms with Crippen LogP contribution in [0, 0.1) is 16.3 Å². The molecule has 0 saturated heterocycles. The van der Waals surface area contributed by atoms with Gasteiger partial charge >= 0.3 is 0 Å². The minimum Gasteiger partial charge on any atom is -0.394 e. The van der Waals surface area contributed by atoms with Crippen molar-refractivity contribution in [2.45, 2.75) is 13.0 Å². The number of benzene rings is 1. The number of rotatable bonds is 7. The number of carbonyl (C=O) groups excluding carboxylic acids is 1. The van der Waals surface area contributed by atoms with Crippen LogP contribution in [-0.2, 0) is 4.84 Å². The van der Waals surface area contributed by atoms with Crippen LogP contribution in [0.3, 0.4) is 0 Å². The summed E-state index contributed by atoms with van der Waals surface area (Å²) < 4.78 is 15.0. The Bertz CT molecular complexity index is 1010. The number of fused-ring (bicyclic) bond motifs is 1. The third-order valence-corrected chi connectivity index (χ3v) is 5.44. The van der Waals surface area contributed by atoms with Crippen molar-refractivity contribution in [3.8, 4) is 0 Å². The van der Waals surface area contributed by atoms with E-state index in [1.54, 1.807) is 24.3 Å². The van der Waals surface area contributed by atoms with E-state index in [0.717, 1.165) is 9.26 Å². The van der Waals surface area contributed by atoms with Crippen LogP contribution >= 0.6 is 33.9 Å². The number of halogens is 2. The molecule has 0 fully saturated rings. The molecule has 7 nitrogen and oxygen atoms in total. The molecular weight excluding hydrogens is 500 g/mol. The zero-order valence-corrected chi connectivity index (χ0v) is 17.7. The van der Waals surface area contributed by atoms with E-state index < -0.39 is 24.4 Å². The Morgan fingerprint density at radius 3 is 2.89 bits per heavy atom. The molecule has 4 N–H and O–H groups in total. The highest BCUT2D eigenvalue weighted by atomic mass is 127. The van der Waals surface area contributed by atoms with Crippen LogP contribution in [0.2, 0.25) is 0 Å². The molecule has 0 aliphatic rings. The first-order chi connectivity index (χ1) is 13.4. The largest absolute Gasteiger partial charge is 0.394 e. The number of aromatic nitrogens is 1. The second-order valence-electron chi connectivity index (χ2n) is 5.94. The lowest BCUT2D eigenvalue weighted by Crippen LogP contribution is -2.30. The van der Waals surface area contributed by atoms with E-state index in [2.05, 4.69) is 15.8 Å². The van der Waals surface area contributed by atoms with Gasteiger partial charge in [-0.2, -0.15) is 0 Å². The van der Waals surface area contributed by atoms with Crippen LogP contribution in [0.5, 0.6) is 0 Å². The summed E-state index contributed by atoms with van der Waals surface area (Å²) in [7, 11) is 0. The number of thiophene rings is 1. The summed E-state index contributed by atoms with van der Waals surface area (Å²) in [6.45, 7) is 1.08. The van der Waals surface area contributed by atoms with Gasteiger partial charge in [-0.05, 0) is 59.8 Å². The van der Waals surface area contributed by atoms with Crippen LogP contribution in [0.1, 0.15) is 16.1 Å². The van der Waals surface area contributed by atoms with Crippen molar-refractivity contribution >= 4 is 60.7 Å². The van der Waals surface area contributed by atoms with Gasteiger partial charge in [-0.15, -0.1) is 0 Å². The zero-order chi connectivity index (χ0) is 20.3. The number of nitrogens with one attached hydrogen (secondary N) is 2. The third-order valence-electron chi connectivity index (χ3n) is 3.75. The molecule has 0 unspecified atom stereocenters. The maximum Gasteiger partial charge on any atom is 0.278 e. The number of amides is 1. The quantitative estimate of drug-likeness (QED) is 0.284. The fraction of sp³-hybridized carbons (Fsp3) is 0.222. The number of hydrogen-bond acceptors (Lipinski definition) is 7. The highest BCUT2D eigenvalue weighted by Crippen LogP contribution is 2.37. The number of aliphatic hydroxyl groups is 2. The van der Waals surface area contributed by atoms with Crippen molar-refractivity contribution in [1.29, 1.82) is 0 Å². The predicted octanol–water partition coefficient (Wildman–Crippen LogP) is 3.11. The zero-order valence-electron chi connectivity index (χ0n) is 14.7. The number of nitrogens with zero attached hydrogens (tertiary/aromatic N) is 1. The fourth-order valence-corrected chi connectivity index (χ4v) is 3.99. The van der Waals surface area contributed by atoms with Crippen LogP contribution in [0.4, 0.5) is 15.1 Å². The van der Waals surface area contributed by atoms with Gasteiger partial charge in [-0.1, -0.05) is 11.3 Å². The van der Waals surface area contributed by atoms with Crippen molar-refractivity contribution in [3.63, 3.8) is 0 Å². The summed E-state index contributed by atoms with van der Waals surface area (Å²) in [5.74, 6) is -1.02. The number of anilines is 2. The van der Waals surface area contributed by atoms with Gasteiger partial charge < -0.3 is 15.5 Å². The molecule has 3 aromatic rings. The van der Waals surface area contributed by atoms with Crippen molar-refractivity contribution in [1.82, 2.24) is 10.5 Å². The number of carbonyl (C=O) groups is 1. The lowest BCUT2D eigenvalue weighted by molar-refractivity contribution is -0.0294. The van der Waals surface area contributed by atoms with Crippen molar-refractivity contribution in [3.05, 3.63) is 51.0 Å². The fourth-order valence-electron chi connectivity index (χ4n) is 2.40. The van der Waals surface area contributed by atoms with Gasteiger partial charge in [-0.25, -0.2) is 14.9 Å². The molecule has 0 spiro atoms.